The zero-order valence-electron chi connectivity index (χ0n) is 18.9. The molecule has 0 bridgehead atoms. The molecule has 0 saturated carbocycles. The van der Waals surface area contributed by atoms with Crippen LogP contribution in [0.3, 0.4) is 0 Å². The molecule has 1 atom stereocenters. The van der Waals surface area contributed by atoms with Crippen LogP contribution in [0.2, 0.25) is 0 Å². The number of H-pyrrole nitrogens is 1. The van der Waals surface area contributed by atoms with Crippen molar-refractivity contribution in [2.75, 3.05) is 45.2 Å². The van der Waals surface area contributed by atoms with E-state index in [1.165, 1.54) is 0 Å². The van der Waals surface area contributed by atoms with Gasteiger partial charge in [0.15, 0.2) is 0 Å². The molecule has 2 aliphatic heterocycles. The molecule has 0 aromatic carbocycles. The van der Waals surface area contributed by atoms with Crippen molar-refractivity contribution >= 4 is 5.82 Å². The van der Waals surface area contributed by atoms with Crippen molar-refractivity contribution in [1.29, 1.82) is 0 Å². The van der Waals surface area contributed by atoms with Gasteiger partial charge in [0.05, 0.1) is 5.69 Å². The standard InChI is InChI=1S/C23H32N8O/c1-28-11-13-30(14-12-28)21-15-18(24-17-25-21)16-29(2)23(9-5-6-10-26-23)31-22(32)19-7-3-4-8-20(19)27-31/h5-6,9-10,15,17,26-27H,3-4,7-8,11-14,16H2,1-2H3. The van der Waals surface area contributed by atoms with Gasteiger partial charge in [0.1, 0.15) is 12.1 Å². The third kappa shape index (κ3) is 3.75. The summed E-state index contributed by atoms with van der Waals surface area (Å²) < 4.78 is 1.74. The van der Waals surface area contributed by atoms with Crippen LogP contribution in [0, 0.1) is 0 Å². The zero-order chi connectivity index (χ0) is 22.1. The molecule has 1 fully saturated rings. The summed E-state index contributed by atoms with van der Waals surface area (Å²) in [4.78, 5) is 29.1. The minimum absolute atomic E-state index is 0.0554. The highest BCUT2D eigenvalue weighted by atomic mass is 16.1. The van der Waals surface area contributed by atoms with Crippen LogP contribution in [0.25, 0.3) is 0 Å². The monoisotopic (exact) mass is 436 g/mol. The van der Waals surface area contributed by atoms with Crippen LogP contribution in [0.4, 0.5) is 5.82 Å². The van der Waals surface area contributed by atoms with Crippen molar-refractivity contribution < 1.29 is 0 Å². The molecule has 3 aliphatic rings. The Kier molecular flexibility index (Phi) is 5.60. The molecule has 1 saturated heterocycles. The highest BCUT2D eigenvalue weighted by Gasteiger charge is 2.38. The van der Waals surface area contributed by atoms with Crippen LogP contribution in [-0.4, -0.2) is 69.8 Å². The fourth-order valence-corrected chi connectivity index (χ4v) is 4.88. The Morgan fingerprint density at radius 2 is 1.94 bits per heavy atom. The van der Waals surface area contributed by atoms with Gasteiger partial charge in [-0.15, -0.1) is 0 Å². The minimum Gasteiger partial charge on any atom is -0.354 e. The SMILES string of the molecule is CN1CCN(c2cc(CN(C)C3(n4[nH]c5c(c4=O)CCCC5)C=CC=CN3)ncn2)CC1. The first-order valence-electron chi connectivity index (χ1n) is 11.5. The molecular formula is C23H32N8O. The maximum atomic E-state index is 13.3. The van der Waals surface area contributed by atoms with E-state index in [2.05, 4.69) is 48.2 Å². The van der Waals surface area contributed by atoms with Crippen molar-refractivity contribution in [2.24, 2.45) is 0 Å². The molecule has 32 heavy (non-hydrogen) atoms. The highest BCUT2D eigenvalue weighted by molar-refractivity contribution is 5.39. The molecule has 0 spiro atoms. The van der Waals surface area contributed by atoms with Gasteiger partial charge in [0.2, 0.25) is 5.79 Å². The van der Waals surface area contributed by atoms with Crippen molar-refractivity contribution in [1.82, 2.24) is 34.9 Å². The molecule has 9 heteroatoms. The molecule has 9 nitrogen and oxygen atoms in total. The molecule has 1 unspecified atom stereocenters. The number of aryl methyl sites for hydroxylation is 1. The van der Waals surface area contributed by atoms with E-state index in [4.69, 9.17) is 0 Å². The summed E-state index contributed by atoms with van der Waals surface area (Å²) in [5.74, 6) is 0.146. The van der Waals surface area contributed by atoms with Gasteiger partial charge in [-0.3, -0.25) is 14.8 Å². The number of likely N-dealkylation sites (N-methyl/N-ethyl adjacent to an activating group) is 2. The number of dihydropyridines is 1. The van der Waals surface area contributed by atoms with E-state index in [-0.39, 0.29) is 5.56 Å². The Balaban J connectivity index is 1.43. The lowest BCUT2D eigenvalue weighted by Gasteiger charge is -2.41. The molecule has 5 rings (SSSR count). The van der Waals surface area contributed by atoms with E-state index in [9.17, 15) is 4.79 Å². The first kappa shape index (κ1) is 21.0. The van der Waals surface area contributed by atoms with E-state index < -0.39 is 5.79 Å². The summed E-state index contributed by atoms with van der Waals surface area (Å²) in [5.41, 5.74) is 2.97. The van der Waals surface area contributed by atoms with Gasteiger partial charge in [-0.25, -0.2) is 14.6 Å². The summed E-state index contributed by atoms with van der Waals surface area (Å²) in [7, 11) is 4.16. The predicted molar refractivity (Wildman–Crippen MR) is 124 cm³/mol. The minimum atomic E-state index is -0.817. The van der Waals surface area contributed by atoms with E-state index in [1.54, 1.807) is 11.0 Å². The lowest BCUT2D eigenvalue weighted by Crippen LogP contribution is -2.59. The second-order valence-corrected chi connectivity index (χ2v) is 9.02. The Hall–Kier alpha value is -2.91. The average molecular weight is 437 g/mol. The average Bonchev–Trinajstić information content (AvgIpc) is 3.17. The first-order chi connectivity index (χ1) is 15.6. The fraction of sp³-hybridized carbons (Fsp3) is 0.522. The van der Waals surface area contributed by atoms with Crippen LogP contribution < -0.4 is 15.8 Å². The van der Waals surface area contributed by atoms with Gasteiger partial charge >= 0.3 is 0 Å². The van der Waals surface area contributed by atoms with Crippen molar-refractivity contribution in [2.45, 2.75) is 38.0 Å². The number of piperazine rings is 1. The van der Waals surface area contributed by atoms with E-state index in [1.807, 2.05) is 31.5 Å². The normalized spacial score (nSPS) is 23.4. The second kappa shape index (κ2) is 8.55. The molecule has 0 amide bonds. The Bertz CT molecular complexity index is 1080. The van der Waals surface area contributed by atoms with Gasteiger partial charge in [0, 0.05) is 50.0 Å². The fourth-order valence-electron chi connectivity index (χ4n) is 4.88. The highest BCUT2D eigenvalue weighted by Crippen LogP contribution is 2.25. The van der Waals surface area contributed by atoms with Crippen molar-refractivity contribution in [3.05, 3.63) is 64.1 Å². The number of anilines is 1. The third-order valence-electron chi connectivity index (χ3n) is 6.87. The van der Waals surface area contributed by atoms with E-state index >= 15 is 0 Å². The molecule has 0 radical (unpaired) electrons. The lowest BCUT2D eigenvalue weighted by molar-refractivity contribution is 0.0429. The smallest absolute Gasteiger partial charge is 0.273 e. The number of hydrogen-bond acceptors (Lipinski definition) is 7. The Morgan fingerprint density at radius 3 is 2.69 bits per heavy atom. The van der Waals surface area contributed by atoms with Crippen LogP contribution in [0.5, 0.6) is 0 Å². The largest absolute Gasteiger partial charge is 0.354 e. The lowest BCUT2D eigenvalue weighted by atomic mass is 9.98. The van der Waals surface area contributed by atoms with Gasteiger partial charge in [-0.1, -0.05) is 6.08 Å². The number of aromatic amines is 1. The first-order valence-corrected chi connectivity index (χ1v) is 11.5. The quantitative estimate of drug-likeness (QED) is 0.724. The van der Waals surface area contributed by atoms with Gasteiger partial charge in [-0.2, -0.15) is 0 Å². The molecule has 2 aromatic heterocycles. The zero-order valence-corrected chi connectivity index (χ0v) is 18.9. The van der Waals surface area contributed by atoms with Crippen LogP contribution in [0.15, 0.2) is 41.6 Å². The number of aromatic nitrogens is 4. The number of nitrogens with zero attached hydrogens (tertiary/aromatic N) is 6. The second-order valence-electron chi connectivity index (χ2n) is 9.02. The van der Waals surface area contributed by atoms with Gasteiger partial charge in [0.25, 0.3) is 5.56 Å². The maximum absolute atomic E-state index is 13.3. The van der Waals surface area contributed by atoms with Gasteiger partial charge < -0.3 is 15.1 Å². The summed E-state index contributed by atoms with van der Waals surface area (Å²) in [5, 5.41) is 6.85. The van der Waals surface area contributed by atoms with E-state index in [0.29, 0.717) is 6.54 Å². The Labute approximate surface area is 188 Å². The number of rotatable bonds is 5. The summed E-state index contributed by atoms with van der Waals surface area (Å²) in [6, 6.07) is 2.07. The summed E-state index contributed by atoms with van der Waals surface area (Å²) in [6.07, 6.45) is 13.4. The molecule has 2 N–H and O–H groups in total. The topological polar surface area (TPSA) is 85.3 Å². The number of hydrogen-bond donors (Lipinski definition) is 2. The maximum Gasteiger partial charge on any atom is 0.273 e. The molecule has 170 valence electrons. The predicted octanol–water partition coefficient (Wildman–Crippen LogP) is 1.01. The third-order valence-corrected chi connectivity index (χ3v) is 6.87. The van der Waals surface area contributed by atoms with Gasteiger partial charge in [-0.05, 0) is 58.1 Å². The molecular weight excluding hydrogens is 404 g/mol. The number of nitrogens with one attached hydrogen (secondary N) is 2. The molecule has 1 aliphatic carbocycles. The van der Waals surface area contributed by atoms with E-state index in [0.717, 1.165) is 74.6 Å². The number of allylic oxidation sites excluding steroid dienone is 2. The Morgan fingerprint density at radius 1 is 1.12 bits per heavy atom. The van der Waals surface area contributed by atoms with Crippen molar-refractivity contribution in [3.8, 4) is 0 Å². The summed E-state index contributed by atoms with van der Waals surface area (Å²) >= 11 is 0. The molecule has 4 heterocycles. The summed E-state index contributed by atoms with van der Waals surface area (Å²) in [6.45, 7) is 4.55. The molecule has 2 aromatic rings. The van der Waals surface area contributed by atoms with Crippen LogP contribution in [-0.2, 0) is 25.2 Å². The van der Waals surface area contributed by atoms with Crippen molar-refractivity contribution in [3.63, 3.8) is 0 Å². The van der Waals surface area contributed by atoms with Crippen LogP contribution in [0.1, 0.15) is 29.8 Å². The number of fused-ring (bicyclic) bond motifs is 1. The van der Waals surface area contributed by atoms with Crippen LogP contribution >= 0.6 is 0 Å².